The Morgan fingerprint density at radius 2 is 1.94 bits per heavy atom. The first-order valence-corrected chi connectivity index (χ1v) is 6.61. The Labute approximate surface area is 110 Å². The molecule has 0 heterocycles. The molecule has 3 nitrogen and oxygen atoms in total. The van der Waals surface area contributed by atoms with Crippen molar-refractivity contribution in [2.24, 2.45) is 0 Å². The van der Waals surface area contributed by atoms with Crippen LogP contribution in [-0.2, 0) is 0 Å². The molecule has 0 atom stereocenters. The summed E-state index contributed by atoms with van der Waals surface area (Å²) in [4.78, 5) is 12.1. The maximum Gasteiger partial charge on any atom is 0.335 e. The van der Waals surface area contributed by atoms with E-state index < -0.39 is 5.97 Å². The molecule has 0 radical (unpaired) electrons. The number of hydrogen-bond acceptors (Lipinski definition) is 3. The number of hydrogen-bond donors (Lipinski definition) is 2. The quantitative estimate of drug-likeness (QED) is 0.655. The van der Waals surface area contributed by atoms with Crippen LogP contribution in [0.5, 0.6) is 0 Å². The zero-order valence-electron chi connectivity index (χ0n) is 9.88. The van der Waals surface area contributed by atoms with Gasteiger partial charge in [-0.1, -0.05) is 18.2 Å². The summed E-state index contributed by atoms with van der Waals surface area (Å²) in [5.41, 5.74) is 8.25. The molecule has 0 unspecified atom stereocenters. The third-order valence-electron chi connectivity index (χ3n) is 2.62. The van der Waals surface area contributed by atoms with Crippen LogP contribution in [0.3, 0.4) is 0 Å². The normalized spacial score (nSPS) is 10.3. The van der Waals surface area contributed by atoms with Crippen LogP contribution in [0.4, 0.5) is 5.69 Å². The van der Waals surface area contributed by atoms with Gasteiger partial charge < -0.3 is 10.8 Å². The van der Waals surface area contributed by atoms with Gasteiger partial charge in [0.05, 0.1) is 5.56 Å². The predicted octanol–water partition coefficient (Wildman–Crippen LogP) is 3.36. The van der Waals surface area contributed by atoms with Crippen molar-refractivity contribution in [3.63, 3.8) is 0 Å². The Balaban J connectivity index is 2.60. The Kier molecular flexibility index (Phi) is 3.58. The molecule has 0 aliphatic rings. The van der Waals surface area contributed by atoms with Crippen LogP contribution in [-0.4, -0.2) is 17.3 Å². The number of rotatable bonds is 3. The number of nitrogen functional groups attached to an aromatic ring is 1. The molecule has 0 aromatic heterocycles. The molecule has 0 saturated carbocycles. The average molecular weight is 259 g/mol. The summed E-state index contributed by atoms with van der Waals surface area (Å²) in [6.07, 6.45) is 1.99. The third kappa shape index (κ3) is 2.49. The summed E-state index contributed by atoms with van der Waals surface area (Å²) in [6, 6.07) is 12.8. The van der Waals surface area contributed by atoms with E-state index in [0.29, 0.717) is 5.69 Å². The van der Waals surface area contributed by atoms with E-state index in [9.17, 15) is 4.79 Å². The molecule has 3 N–H and O–H groups in total. The van der Waals surface area contributed by atoms with Gasteiger partial charge >= 0.3 is 5.97 Å². The molecule has 2 aromatic rings. The largest absolute Gasteiger partial charge is 0.478 e. The number of carbonyl (C=O) groups is 1. The lowest BCUT2D eigenvalue weighted by Crippen LogP contribution is -1.99. The van der Waals surface area contributed by atoms with Gasteiger partial charge in [0.15, 0.2) is 0 Å². The van der Waals surface area contributed by atoms with E-state index >= 15 is 0 Å². The topological polar surface area (TPSA) is 63.3 Å². The number of anilines is 1. The third-order valence-corrected chi connectivity index (χ3v) is 3.42. The first-order valence-electron chi connectivity index (χ1n) is 5.39. The minimum Gasteiger partial charge on any atom is -0.478 e. The van der Waals surface area contributed by atoms with Crippen molar-refractivity contribution in [1.82, 2.24) is 0 Å². The maximum atomic E-state index is 11.0. The van der Waals surface area contributed by atoms with E-state index in [2.05, 4.69) is 0 Å². The predicted molar refractivity (Wildman–Crippen MR) is 75.0 cm³/mol. The number of nitrogens with two attached hydrogens (primary N) is 1. The lowest BCUT2D eigenvalue weighted by molar-refractivity contribution is 0.0697. The molecule has 0 aliphatic carbocycles. The summed E-state index contributed by atoms with van der Waals surface area (Å²) in [5, 5.41) is 9.05. The smallest absolute Gasteiger partial charge is 0.335 e. The second-order valence-corrected chi connectivity index (χ2v) is 4.70. The molecule has 0 fully saturated rings. The van der Waals surface area contributed by atoms with Gasteiger partial charge in [-0.3, -0.25) is 0 Å². The van der Waals surface area contributed by atoms with Crippen molar-refractivity contribution in [2.75, 3.05) is 12.0 Å². The Morgan fingerprint density at radius 1 is 1.22 bits per heavy atom. The Bertz CT molecular complexity index is 596. The van der Waals surface area contributed by atoms with Crippen LogP contribution < -0.4 is 5.73 Å². The fourth-order valence-electron chi connectivity index (χ4n) is 1.81. The molecule has 0 spiro atoms. The monoisotopic (exact) mass is 259 g/mol. The fraction of sp³-hybridized carbons (Fsp3) is 0.0714. The summed E-state index contributed by atoms with van der Waals surface area (Å²) in [7, 11) is 0. The van der Waals surface area contributed by atoms with Crippen LogP contribution in [0.1, 0.15) is 10.4 Å². The Hall–Kier alpha value is -1.94. The van der Waals surface area contributed by atoms with Crippen LogP contribution in [0.25, 0.3) is 11.1 Å². The molecule has 18 heavy (non-hydrogen) atoms. The van der Waals surface area contributed by atoms with E-state index in [1.165, 1.54) is 6.07 Å². The summed E-state index contributed by atoms with van der Waals surface area (Å²) < 4.78 is 0. The van der Waals surface area contributed by atoms with Crippen molar-refractivity contribution in [3.05, 3.63) is 48.0 Å². The minimum absolute atomic E-state index is 0.209. The van der Waals surface area contributed by atoms with Gasteiger partial charge in [0.2, 0.25) is 0 Å². The second kappa shape index (κ2) is 5.14. The first-order chi connectivity index (χ1) is 8.61. The molecule has 0 bridgehead atoms. The molecule has 4 heteroatoms. The van der Waals surface area contributed by atoms with Gasteiger partial charge in [-0.2, -0.15) is 0 Å². The van der Waals surface area contributed by atoms with E-state index in [1.807, 2.05) is 30.5 Å². The van der Waals surface area contributed by atoms with Crippen molar-refractivity contribution in [3.8, 4) is 11.1 Å². The zero-order valence-corrected chi connectivity index (χ0v) is 10.7. The molecule has 2 aromatic carbocycles. The zero-order chi connectivity index (χ0) is 13.1. The Morgan fingerprint density at radius 3 is 2.61 bits per heavy atom. The van der Waals surface area contributed by atoms with Crippen LogP contribution in [0.15, 0.2) is 47.4 Å². The molecule has 0 aliphatic heterocycles. The molecule has 92 valence electrons. The van der Waals surface area contributed by atoms with Crippen molar-refractivity contribution in [2.45, 2.75) is 4.90 Å². The molecular formula is C14H13NO2S. The van der Waals surface area contributed by atoms with E-state index in [0.717, 1.165) is 16.0 Å². The lowest BCUT2D eigenvalue weighted by Gasteiger charge is -2.09. The number of carboxylic acids is 1. The minimum atomic E-state index is -0.967. The highest BCUT2D eigenvalue weighted by Gasteiger charge is 2.09. The van der Waals surface area contributed by atoms with Crippen molar-refractivity contribution >= 4 is 23.4 Å². The van der Waals surface area contributed by atoms with Gasteiger partial charge in [0, 0.05) is 10.6 Å². The molecular weight excluding hydrogens is 246 g/mol. The van der Waals surface area contributed by atoms with Gasteiger partial charge in [-0.05, 0) is 41.6 Å². The van der Waals surface area contributed by atoms with Gasteiger partial charge in [0.1, 0.15) is 0 Å². The van der Waals surface area contributed by atoms with E-state index in [-0.39, 0.29) is 5.56 Å². The van der Waals surface area contributed by atoms with Crippen LogP contribution in [0.2, 0.25) is 0 Å². The average Bonchev–Trinajstić information content (AvgIpc) is 2.38. The lowest BCUT2D eigenvalue weighted by atomic mass is 10.0. The van der Waals surface area contributed by atoms with Crippen molar-refractivity contribution in [1.29, 1.82) is 0 Å². The van der Waals surface area contributed by atoms with Gasteiger partial charge in [0.25, 0.3) is 0 Å². The number of thioether (sulfide) groups is 1. The molecule has 2 rings (SSSR count). The van der Waals surface area contributed by atoms with Crippen LogP contribution >= 0.6 is 11.8 Å². The summed E-state index contributed by atoms with van der Waals surface area (Å²) in [6.45, 7) is 0. The number of benzene rings is 2. The van der Waals surface area contributed by atoms with Crippen LogP contribution in [0, 0.1) is 0 Å². The highest BCUT2D eigenvalue weighted by Crippen LogP contribution is 2.31. The highest BCUT2D eigenvalue weighted by molar-refractivity contribution is 7.98. The van der Waals surface area contributed by atoms with E-state index in [1.54, 1.807) is 23.9 Å². The second-order valence-electron chi connectivity index (χ2n) is 3.85. The SMILES string of the molecule is CSc1ccccc1-c1cc(N)cc(C(=O)O)c1. The first kappa shape index (κ1) is 12.5. The molecule has 0 amide bonds. The number of carboxylic acid groups (broad SMARTS) is 1. The van der Waals surface area contributed by atoms with Gasteiger partial charge in [-0.15, -0.1) is 11.8 Å². The van der Waals surface area contributed by atoms with Gasteiger partial charge in [-0.25, -0.2) is 4.79 Å². The fourth-order valence-corrected chi connectivity index (χ4v) is 2.43. The number of aromatic carboxylic acids is 1. The van der Waals surface area contributed by atoms with E-state index in [4.69, 9.17) is 10.8 Å². The summed E-state index contributed by atoms with van der Waals surface area (Å²) >= 11 is 1.62. The standard InChI is InChI=1S/C14H13NO2S/c1-18-13-5-3-2-4-12(13)9-6-10(14(16)17)8-11(15)7-9/h2-8H,15H2,1H3,(H,16,17). The van der Waals surface area contributed by atoms with Crippen molar-refractivity contribution < 1.29 is 9.90 Å². The molecule has 0 saturated heterocycles. The summed E-state index contributed by atoms with van der Waals surface area (Å²) in [5.74, 6) is -0.967. The highest BCUT2D eigenvalue weighted by atomic mass is 32.2. The maximum absolute atomic E-state index is 11.0.